The number of halogens is 1. The molecule has 0 saturated carbocycles. The summed E-state index contributed by atoms with van der Waals surface area (Å²) in [5.41, 5.74) is 2.41. The number of sulfonamides is 1. The van der Waals surface area contributed by atoms with E-state index in [4.69, 9.17) is 0 Å². The maximum atomic E-state index is 12.8. The van der Waals surface area contributed by atoms with Gasteiger partial charge in [0.25, 0.3) is 10.0 Å². The zero-order valence-electron chi connectivity index (χ0n) is 11.6. The number of hydrogen-bond acceptors (Lipinski definition) is 3. The van der Waals surface area contributed by atoms with Gasteiger partial charge in [0.1, 0.15) is 4.21 Å². The highest BCUT2D eigenvalue weighted by Crippen LogP contribution is 2.37. The number of thiophene rings is 1. The normalized spacial score (nSPS) is 18.7. The maximum Gasteiger partial charge on any atom is 0.252 e. The summed E-state index contributed by atoms with van der Waals surface area (Å²) < 4.78 is 28.3. The van der Waals surface area contributed by atoms with Crippen molar-refractivity contribution < 1.29 is 8.42 Å². The van der Waals surface area contributed by atoms with Crippen molar-refractivity contribution in [3.8, 4) is 0 Å². The average molecular weight is 386 g/mol. The first-order chi connectivity index (χ1) is 10.00. The molecule has 1 aromatic carbocycles. The molecule has 0 fully saturated rings. The monoisotopic (exact) mass is 385 g/mol. The molecule has 0 bridgehead atoms. The smallest absolute Gasteiger partial charge is 0.206 e. The number of rotatable bonds is 3. The highest BCUT2D eigenvalue weighted by molar-refractivity contribution is 9.11. The first-order valence-electron chi connectivity index (χ1n) is 6.81. The first kappa shape index (κ1) is 15.2. The predicted octanol–water partition coefficient (Wildman–Crippen LogP) is 4.21. The van der Waals surface area contributed by atoms with Crippen LogP contribution in [0.5, 0.6) is 0 Å². The molecule has 21 heavy (non-hydrogen) atoms. The van der Waals surface area contributed by atoms with Gasteiger partial charge in [-0.25, -0.2) is 8.42 Å². The lowest BCUT2D eigenvalue weighted by Crippen LogP contribution is -2.33. The molecule has 0 saturated heterocycles. The number of nitrogens with zero attached hydrogens (tertiary/aromatic N) is 1. The summed E-state index contributed by atoms with van der Waals surface area (Å²) in [6.45, 7) is 0. The summed E-state index contributed by atoms with van der Waals surface area (Å²) in [5.74, 6) is 0. The van der Waals surface area contributed by atoms with E-state index in [1.807, 2.05) is 12.1 Å². The zero-order valence-corrected chi connectivity index (χ0v) is 14.8. The average Bonchev–Trinajstić information content (AvgIpc) is 2.93. The molecule has 112 valence electrons. The van der Waals surface area contributed by atoms with Crippen LogP contribution >= 0.6 is 27.3 Å². The lowest BCUT2D eigenvalue weighted by atomic mass is 9.88. The Balaban J connectivity index is 1.98. The van der Waals surface area contributed by atoms with Crippen LogP contribution in [-0.4, -0.2) is 19.8 Å². The van der Waals surface area contributed by atoms with Crippen LogP contribution in [0.2, 0.25) is 0 Å². The standard InChI is InChI=1S/C15H16BrNO2S2/c1-17(21(18,19)15-10-9-14(16)20-15)13-8-4-6-11-5-2-3-7-12(11)13/h2-3,5,7,9-10,13H,4,6,8H2,1H3. The molecule has 1 atom stereocenters. The second kappa shape index (κ2) is 5.83. The molecule has 0 radical (unpaired) electrons. The van der Waals surface area contributed by atoms with Crippen LogP contribution in [0.25, 0.3) is 0 Å². The second-order valence-electron chi connectivity index (χ2n) is 5.19. The fourth-order valence-corrected chi connectivity index (χ4v) is 6.41. The van der Waals surface area contributed by atoms with Crippen molar-refractivity contribution >= 4 is 37.3 Å². The Morgan fingerprint density at radius 2 is 2.00 bits per heavy atom. The summed E-state index contributed by atoms with van der Waals surface area (Å²) in [7, 11) is -1.75. The van der Waals surface area contributed by atoms with Gasteiger partial charge in [-0.1, -0.05) is 24.3 Å². The van der Waals surface area contributed by atoms with Crippen LogP contribution in [-0.2, 0) is 16.4 Å². The van der Waals surface area contributed by atoms with Gasteiger partial charge in [0, 0.05) is 7.05 Å². The first-order valence-corrected chi connectivity index (χ1v) is 9.86. The van der Waals surface area contributed by atoms with E-state index in [1.54, 1.807) is 19.2 Å². The van der Waals surface area contributed by atoms with Crippen molar-refractivity contribution in [1.29, 1.82) is 0 Å². The Labute approximate surface area is 137 Å². The fourth-order valence-electron chi connectivity index (χ4n) is 2.85. The van der Waals surface area contributed by atoms with E-state index >= 15 is 0 Å². The molecular formula is C15H16BrNO2S2. The number of hydrogen-bond donors (Lipinski definition) is 0. The molecule has 0 amide bonds. The van der Waals surface area contributed by atoms with Crippen LogP contribution in [0.15, 0.2) is 44.4 Å². The van der Waals surface area contributed by atoms with Gasteiger partial charge in [0.05, 0.1) is 9.83 Å². The molecule has 2 aromatic rings. The molecule has 0 aliphatic heterocycles. The Hall–Kier alpha value is -0.690. The number of benzene rings is 1. The SMILES string of the molecule is CN(C1CCCc2ccccc21)S(=O)(=O)c1ccc(Br)s1. The highest BCUT2D eigenvalue weighted by atomic mass is 79.9. The minimum absolute atomic E-state index is 0.0687. The van der Waals surface area contributed by atoms with E-state index in [0.29, 0.717) is 4.21 Å². The Kier molecular flexibility index (Phi) is 4.23. The van der Waals surface area contributed by atoms with Crippen molar-refractivity contribution in [3.05, 3.63) is 51.3 Å². The van der Waals surface area contributed by atoms with E-state index in [9.17, 15) is 8.42 Å². The molecule has 0 N–H and O–H groups in total. The van der Waals surface area contributed by atoms with Crippen LogP contribution in [0.1, 0.15) is 30.0 Å². The second-order valence-corrected chi connectivity index (χ2v) is 9.87. The van der Waals surface area contributed by atoms with E-state index in [-0.39, 0.29) is 6.04 Å². The van der Waals surface area contributed by atoms with Gasteiger partial charge < -0.3 is 0 Å². The van der Waals surface area contributed by atoms with Gasteiger partial charge in [-0.2, -0.15) is 4.31 Å². The largest absolute Gasteiger partial charge is 0.252 e. The number of aryl methyl sites for hydroxylation is 1. The van der Waals surface area contributed by atoms with Gasteiger partial charge in [-0.15, -0.1) is 11.3 Å². The van der Waals surface area contributed by atoms with Crippen LogP contribution in [0.4, 0.5) is 0 Å². The third kappa shape index (κ3) is 2.82. The van der Waals surface area contributed by atoms with Crippen molar-refractivity contribution in [2.75, 3.05) is 7.05 Å². The van der Waals surface area contributed by atoms with Gasteiger partial charge in [-0.3, -0.25) is 0 Å². The van der Waals surface area contributed by atoms with Crippen molar-refractivity contribution in [3.63, 3.8) is 0 Å². The molecule has 1 aliphatic carbocycles. The van der Waals surface area contributed by atoms with Gasteiger partial charge >= 0.3 is 0 Å². The van der Waals surface area contributed by atoms with Crippen molar-refractivity contribution in [2.24, 2.45) is 0 Å². The molecular weight excluding hydrogens is 370 g/mol. The minimum atomic E-state index is -3.44. The molecule has 1 heterocycles. The Morgan fingerprint density at radius 3 is 2.71 bits per heavy atom. The maximum absolute atomic E-state index is 12.8. The third-order valence-electron chi connectivity index (χ3n) is 3.96. The summed E-state index contributed by atoms with van der Waals surface area (Å²) in [6.07, 6.45) is 2.93. The van der Waals surface area contributed by atoms with Gasteiger partial charge in [0.15, 0.2) is 0 Å². The van der Waals surface area contributed by atoms with Crippen LogP contribution in [0, 0.1) is 0 Å². The van der Waals surface area contributed by atoms with E-state index in [0.717, 1.165) is 28.6 Å². The molecule has 1 unspecified atom stereocenters. The Bertz CT molecular complexity index is 755. The quantitative estimate of drug-likeness (QED) is 0.793. The van der Waals surface area contributed by atoms with E-state index in [2.05, 4.69) is 28.1 Å². The summed E-state index contributed by atoms with van der Waals surface area (Å²) in [4.78, 5) is 0. The van der Waals surface area contributed by atoms with Crippen LogP contribution in [0.3, 0.4) is 0 Å². The lowest BCUT2D eigenvalue weighted by molar-refractivity contribution is 0.338. The molecule has 3 nitrogen and oxygen atoms in total. The summed E-state index contributed by atoms with van der Waals surface area (Å²) in [6, 6.07) is 11.5. The minimum Gasteiger partial charge on any atom is -0.206 e. The highest BCUT2D eigenvalue weighted by Gasteiger charge is 2.32. The zero-order chi connectivity index (χ0) is 15.0. The van der Waals surface area contributed by atoms with Gasteiger partial charge in [-0.05, 0) is 58.5 Å². The summed E-state index contributed by atoms with van der Waals surface area (Å²) in [5, 5.41) is 0. The van der Waals surface area contributed by atoms with E-state index < -0.39 is 10.0 Å². The van der Waals surface area contributed by atoms with Crippen molar-refractivity contribution in [1.82, 2.24) is 4.31 Å². The Morgan fingerprint density at radius 1 is 1.24 bits per heavy atom. The molecule has 3 rings (SSSR count). The third-order valence-corrected chi connectivity index (χ3v) is 7.92. The molecule has 1 aromatic heterocycles. The number of fused-ring (bicyclic) bond motifs is 1. The topological polar surface area (TPSA) is 37.4 Å². The lowest BCUT2D eigenvalue weighted by Gasteiger charge is -2.32. The molecule has 0 spiro atoms. The predicted molar refractivity (Wildman–Crippen MR) is 89.1 cm³/mol. The summed E-state index contributed by atoms with van der Waals surface area (Å²) >= 11 is 4.59. The fraction of sp³-hybridized carbons (Fsp3) is 0.333. The van der Waals surface area contributed by atoms with Crippen LogP contribution < -0.4 is 0 Å². The molecule has 6 heteroatoms. The van der Waals surface area contributed by atoms with Crippen molar-refractivity contribution in [2.45, 2.75) is 29.5 Å². The molecule has 1 aliphatic rings. The van der Waals surface area contributed by atoms with E-state index in [1.165, 1.54) is 21.2 Å². The van der Waals surface area contributed by atoms with Gasteiger partial charge in [0.2, 0.25) is 0 Å².